The van der Waals surface area contributed by atoms with E-state index in [4.69, 9.17) is 18.9 Å². The number of nitro groups is 1. The van der Waals surface area contributed by atoms with Crippen LogP contribution in [-0.4, -0.2) is 24.8 Å². The van der Waals surface area contributed by atoms with Gasteiger partial charge in [0, 0.05) is 29.3 Å². The molecule has 0 amide bonds. The van der Waals surface area contributed by atoms with E-state index in [1.54, 1.807) is 37.5 Å². The van der Waals surface area contributed by atoms with Gasteiger partial charge in [-0.1, -0.05) is 12.1 Å². The molecule has 0 N–H and O–H groups in total. The van der Waals surface area contributed by atoms with Crippen molar-refractivity contribution in [2.45, 2.75) is 13.2 Å². The van der Waals surface area contributed by atoms with E-state index in [-0.39, 0.29) is 25.7 Å². The van der Waals surface area contributed by atoms with Gasteiger partial charge in [-0.3, -0.25) is 10.1 Å². The number of benzene rings is 2. The zero-order valence-corrected chi connectivity index (χ0v) is 14.5. The lowest BCUT2D eigenvalue weighted by molar-refractivity contribution is -0.385. The number of carbonyl (C=O) groups excluding carboxylic acids is 1. The lowest BCUT2D eigenvalue weighted by atomic mass is 10.1. The molecular weight excluding hydrogens is 354 g/mol. The molecule has 0 fully saturated rings. The van der Waals surface area contributed by atoms with E-state index in [1.807, 2.05) is 0 Å². The molecule has 3 rings (SSSR count). The second-order valence-electron chi connectivity index (χ2n) is 5.68. The SMILES string of the molecule is COc1ccc(/C=C/C(=O)OCc2cc([N+](=O)[O-])cc3c2OCOC3)cc1. The molecule has 8 nitrogen and oxygen atoms in total. The number of fused-ring (bicyclic) bond motifs is 1. The van der Waals surface area contributed by atoms with E-state index in [2.05, 4.69) is 0 Å². The molecule has 0 bridgehead atoms. The average Bonchev–Trinajstić information content (AvgIpc) is 2.70. The Labute approximate surface area is 155 Å². The molecule has 8 heteroatoms. The van der Waals surface area contributed by atoms with E-state index < -0.39 is 10.9 Å². The first kappa shape index (κ1) is 18.4. The average molecular weight is 371 g/mol. The summed E-state index contributed by atoms with van der Waals surface area (Å²) in [5, 5.41) is 11.1. The molecule has 0 saturated carbocycles. The normalized spacial score (nSPS) is 12.9. The van der Waals surface area contributed by atoms with Gasteiger partial charge in [-0.05, 0) is 23.8 Å². The first-order valence-electron chi connectivity index (χ1n) is 8.06. The Morgan fingerprint density at radius 3 is 2.78 bits per heavy atom. The van der Waals surface area contributed by atoms with Crippen molar-refractivity contribution in [3.05, 3.63) is 69.3 Å². The number of esters is 1. The smallest absolute Gasteiger partial charge is 0.331 e. The van der Waals surface area contributed by atoms with Gasteiger partial charge in [0.1, 0.15) is 18.1 Å². The van der Waals surface area contributed by atoms with Gasteiger partial charge in [0.2, 0.25) is 0 Å². The molecule has 1 aliphatic heterocycles. The van der Waals surface area contributed by atoms with Crippen LogP contribution >= 0.6 is 0 Å². The van der Waals surface area contributed by atoms with E-state index in [0.29, 0.717) is 22.6 Å². The zero-order valence-electron chi connectivity index (χ0n) is 14.5. The molecule has 0 aliphatic carbocycles. The molecule has 140 valence electrons. The molecule has 1 aliphatic rings. The number of ether oxygens (including phenoxy) is 4. The number of methoxy groups -OCH3 is 1. The Bertz CT molecular complexity index is 874. The van der Waals surface area contributed by atoms with Crippen LogP contribution in [0.2, 0.25) is 0 Å². The fraction of sp³-hybridized carbons (Fsp3) is 0.211. The summed E-state index contributed by atoms with van der Waals surface area (Å²) in [5.41, 5.74) is 1.67. The molecular formula is C19H17NO7. The molecule has 0 saturated heterocycles. The van der Waals surface area contributed by atoms with E-state index in [0.717, 1.165) is 5.56 Å². The standard InChI is InChI=1S/C19H17NO7/c1-24-17-5-2-13(3-6-17)4-7-18(21)26-11-15-9-16(20(22)23)8-14-10-25-12-27-19(14)15/h2-9H,10-12H2,1H3/b7-4+. The van der Waals surface area contributed by atoms with Gasteiger partial charge in [-0.15, -0.1) is 0 Å². The summed E-state index contributed by atoms with van der Waals surface area (Å²) < 4.78 is 20.8. The van der Waals surface area contributed by atoms with Crippen molar-refractivity contribution in [2.75, 3.05) is 13.9 Å². The van der Waals surface area contributed by atoms with Crippen LogP contribution in [-0.2, 0) is 27.5 Å². The number of nitrogens with zero attached hydrogens (tertiary/aromatic N) is 1. The fourth-order valence-electron chi connectivity index (χ4n) is 2.57. The minimum absolute atomic E-state index is 0.0448. The molecule has 0 spiro atoms. The quantitative estimate of drug-likeness (QED) is 0.333. The van der Waals surface area contributed by atoms with Gasteiger partial charge in [0.25, 0.3) is 5.69 Å². The number of carbonyl (C=O) groups is 1. The molecule has 0 unspecified atom stereocenters. The van der Waals surface area contributed by atoms with Crippen molar-refractivity contribution in [1.29, 1.82) is 0 Å². The predicted octanol–water partition coefficient (Wildman–Crippen LogP) is 3.23. The van der Waals surface area contributed by atoms with E-state index >= 15 is 0 Å². The van der Waals surface area contributed by atoms with Crippen LogP contribution in [0.4, 0.5) is 5.69 Å². The highest BCUT2D eigenvalue weighted by Gasteiger charge is 2.21. The van der Waals surface area contributed by atoms with E-state index in [9.17, 15) is 14.9 Å². The highest BCUT2D eigenvalue weighted by Crippen LogP contribution is 2.33. The number of nitro benzene ring substituents is 1. The van der Waals surface area contributed by atoms with Crippen molar-refractivity contribution in [3.63, 3.8) is 0 Å². The molecule has 2 aromatic carbocycles. The monoisotopic (exact) mass is 371 g/mol. The molecule has 0 atom stereocenters. The van der Waals surface area contributed by atoms with Crippen LogP contribution in [0.3, 0.4) is 0 Å². The van der Waals surface area contributed by atoms with Gasteiger partial charge in [0.05, 0.1) is 18.6 Å². The van der Waals surface area contributed by atoms with Crippen LogP contribution in [0.1, 0.15) is 16.7 Å². The molecule has 0 aromatic heterocycles. The summed E-state index contributed by atoms with van der Waals surface area (Å²) in [5.74, 6) is 0.603. The van der Waals surface area contributed by atoms with Crippen LogP contribution in [0.5, 0.6) is 11.5 Å². The number of hydrogen-bond donors (Lipinski definition) is 0. The Kier molecular flexibility index (Phi) is 5.68. The second-order valence-corrected chi connectivity index (χ2v) is 5.68. The largest absolute Gasteiger partial charge is 0.497 e. The highest BCUT2D eigenvalue weighted by molar-refractivity contribution is 5.87. The van der Waals surface area contributed by atoms with Crippen LogP contribution in [0.15, 0.2) is 42.5 Å². The summed E-state index contributed by atoms with van der Waals surface area (Å²) in [4.78, 5) is 22.5. The maximum absolute atomic E-state index is 12.0. The first-order valence-corrected chi connectivity index (χ1v) is 8.06. The van der Waals surface area contributed by atoms with Gasteiger partial charge in [0.15, 0.2) is 6.79 Å². The van der Waals surface area contributed by atoms with Gasteiger partial charge >= 0.3 is 5.97 Å². The minimum Gasteiger partial charge on any atom is -0.497 e. The highest BCUT2D eigenvalue weighted by atomic mass is 16.7. The molecule has 1 heterocycles. The van der Waals surface area contributed by atoms with Gasteiger partial charge in [-0.25, -0.2) is 4.79 Å². The Balaban J connectivity index is 1.68. The molecule has 2 aromatic rings. The van der Waals surface area contributed by atoms with Crippen LogP contribution < -0.4 is 9.47 Å². The minimum atomic E-state index is -0.571. The first-order chi connectivity index (χ1) is 13.1. The van der Waals surface area contributed by atoms with Crippen molar-refractivity contribution in [3.8, 4) is 11.5 Å². The van der Waals surface area contributed by atoms with Crippen LogP contribution in [0, 0.1) is 10.1 Å². The zero-order chi connectivity index (χ0) is 19.2. The van der Waals surface area contributed by atoms with Gasteiger partial charge < -0.3 is 18.9 Å². The Morgan fingerprint density at radius 2 is 2.07 bits per heavy atom. The summed E-state index contributed by atoms with van der Waals surface area (Å²) in [6.07, 6.45) is 2.89. The summed E-state index contributed by atoms with van der Waals surface area (Å²) in [6.45, 7) is 0.105. The third kappa shape index (κ3) is 4.62. The van der Waals surface area contributed by atoms with Crippen molar-refractivity contribution in [1.82, 2.24) is 0 Å². The third-order valence-electron chi connectivity index (χ3n) is 3.88. The Hall–Kier alpha value is -3.39. The summed E-state index contributed by atoms with van der Waals surface area (Å²) in [7, 11) is 1.57. The summed E-state index contributed by atoms with van der Waals surface area (Å²) in [6, 6.07) is 9.88. The topological polar surface area (TPSA) is 97.1 Å². The van der Waals surface area contributed by atoms with Crippen molar-refractivity contribution >= 4 is 17.7 Å². The fourth-order valence-corrected chi connectivity index (χ4v) is 2.57. The number of non-ortho nitro benzene ring substituents is 1. The maximum Gasteiger partial charge on any atom is 0.331 e. The molecule has 0 radical (unpaired) electrons. The second kappa shape index (κ2) is 8.33. The van der Waals surface area contributed by atoms with Crippen molar-refractivity contribution in [2.24, 2.45) is 0 Å². The number of rotatable bonds is 6. The lowest BCUT2D eigenvalue weighted by Crippen LogP contribution is -2.14. The lowest BCUT2D eigenvalue weighted by Gasteiger charge is -2.20. The number of hydrogen-bond acceptors (Lipinski definition) is 7. The van der Waals surface area contributed by atoms with Crippen molar-refractivity contribution < 1.29 is 28.7 Å². The third-order valence-corrected chi connectivity index (χ3v) is 3.88. The Morgan fingerprint density at radius 1 is 1.30 bits per heavy atom. The van der Waals surface area contributed by atoms with Gasteiger partial charge in [-0.2, -0.15) is 0 Å². The molecule has 27 heavy (non-hydrogen) atoms. The van der Waals surface area contributed by atoms with Crippen LogP contribution in [0.25, 0.3) is 6.08 Å². The van der Waals surface area contributed by atoms with E-state index in [1.165, 1.54) is 18.2 Å². The maximum atomic E-state index is 12.0. The summed E-state index contributed by atoms with van der Waals surface area (Å²) >= 11 is 0. The predicted molar refractivity (Wildman–Crippen MR) is 95.2 cm³/mol.